The van der Waals surface area contributed by atoms with Crippen molar-refractivity contribution >= 4 is 45.6 Å². The van der Waals surface area contributed by atoms with E-state index in [2.05, 4.69) is 21.6 Å². The van der Waals surface area contributed by atoms with Crippen molar-refractivity contribution in [2.24, 2.45) is 0 Å². The molecule has 0 aliphatic rings. The van der Waals surface area contributed by atoms with Crippen LogP contribution in [0.3, 0.4) is 0 Å². The predicted octanol–water partition coefficient (Wildman–Crippen LogP) is 5.85. The molecule has 0 saturated heterocycles. The summed E-state index contributed by atoms with van der Waals surface area (Å²) in [6.07, 6.45) is 5.61. The number of carbonyl (C=O) groups is 1. The number of aliphatic hydroxyl groups is 1. The second-order valence-electron chi connectivity index (χ2n) is 7.97. The Hall–Kier alpha value is -3.74. The molecule has 0 aliphatic heterocycles. The molecule has 0 aliphatic carbocycles. The van der Waals surface area contributed by atoms with Crippen LogP contribution in [0.2, 0.25) is 5.02 Å². The van der Waals surface area contributed by atoms with E-state index in [1.165, 1.54) is 18.2 Å². The largest absolute Gasteiger partial charge is 0.395 e. The fraction of sp³-hybridized carbons (Fsp3) is 0.143. The number of aliphatic hydroxyl groups excluding tert-OH is 1. The molecule has 1 heterocycles. The zero-order valence-corrected chi connectivity index (χ0v) is 19.9. The molecule has 5 nitrogen and oxygen atoms in total. The van der Waals surface area contributed by atoms with Crippen molar-refractivity contribution in [1.82, 2.24) is 15.5 Å². The highest BCUT2D eigenvalue weighted by atomic mass is 35.5. The molecule has 35 heavy (non-hydrogen) atoms. The third-order valence-corrected chi connectivity index (χ3v) is 5.99. The van der Waals surface area contributed by atoms with Crippen LogP contribution in [0, 0.1) is 5.82 Å². The minimum absolute atomic E-state index is 0.105. The third-order valence-electron chi connectivity index (χ3n) is 5.68. The molecule has 1 amide bonds. The number of nitrogens with zero attached hydrogens (tertiary/aromatic N) is 1. The second kappa shape index (κ2) is 11.1. The number of H-pyrrole nitrogens is 1. The van der Waals surface area contributed by atoms with Gasteiger partial charge in [0, 0.05) is 18.0 Å². The number of carbonyl (C=O) groups excluding carboxylic acids is 1. The molecule has 7 heteroatoms. The van der Waals surface area contributed by atoms with E-state index in [0.717, 1.165) is 44.3 Å². The van der Waals surface area contributed by atoms with Crippen molar-refractivity contribution in [3.05, 3.63) is 106 Å². The van der Waals surface area contributed by atoms with Gasteiger partial charge in [-0.2, -0.15) is 5.10 Å². The van der Waals surface area contributed by atoms with Crippen molar-refractivity contribution in [1.29, 1.82) is 0 Å². The molecule has 0 radical (unpaired) electrons. The summed E-state index contributed by atoms with van der Waals surface area (Å²) >= 11 is 6.48. The lowest BCUT2D eigenvalue weighted by atomic mass is 9.87. The minimum atomic E-state index is -0.380. The number of amides is 1. The number of nitrogens with one attached hydrogen (secondary N) is 2. The Morgan fingerprint density at radius 3 is 2.60 bits per heavy atom. The molecule has 0 bridgehead atoms. The summed E-state index contributed by atoms with van der Waals surface area (Å²) < 4.78 is 13.8. The van der Waals surface area contributed by atoms with Crippen molar-refractivity contribution in [2.45, 2.75) is 13.3 Å². The first kappa shape index (κ1) is 24.4. The summed E-state index contributed by atoms with van der Waals surface area (Å²) in [6.45, 7) is 2.16. The zero-order valence-electron chi connectivity index (χ0n) is 19.2. The predicted molar refractivity (Wildman–Crippen MR) is 139 cm³/mol. The van der Waals surface area contributed by atoms with Crippen molar-refractivity contribution in [3.8, 4) is 0 Å². The Balaban J connectivity index is 1.81. The molecule has 0 spiro atoms. The quantitative estimate of drug-likeness (QED) is 0.215. The topological polar surface area (TPSA) is 78.0 Å². The van der Waals surface area contributed by atoms with Gasteiger partial charge in [-0.1, -0.05) is 54.9 Å². The van der Waals surface area contributed by atoms with Crippen LogP contribution >= 0.6 is 11.6 Å². The maximum atomic E-state index is 13.8. The number of rotatable bonds is 8. The summed E-state index contributed by atoms with van der Waals surface area (Å²) in [4.78, 5) is 11.8. The third kappa shape index (κ3) is 5.67. The smallest absolute Gasteiger partial charge is 0.244 e. The van der Waals surface area contributed by atoms with E-state index < -0.39 is 0 Å². The molecule has 0 atom stereocenters. The highest BCUT2D eigenvalue weighted by Crippen LogP contribution is 2.38. The first-order valence-electron chi connectivity index (χ1n) is 11.3. The maximum Gasteiger partial charge on any atom is 0.244 e. The molecule has 178 valence electrons. The number of aromatic amines is 1. The molecule has 0 fully saturated rings. The van der Waals surface area contributed by atoms with Gasteiger partial charge in [-0.25, -0.2) is 4.39 Å². The fourth-order valence-corrected chi connectivity index (χ4v) is 4.30. The van der Waals surface area contributed by atoms with E-state index in [9.17, 15) is 9.18 Å². The fourth-order valence-electron chi connectivity index (χ4n) is 4.02. The van der Waals surface area contributed by atoms with Gasteiger partial charge in [0.1, 0.15) is 5.82 Å². The number of aromatic nitrogens is 2. The highest BCUT2D eigenvalue weighted by Gasteiger charge is 2.16. The minimum Gasteiger partial charge on any atom is -0.395 e. The van der Waals surface area contributed by atoms with Gasteiger partial charge >= 0.3 is 0 Å². The van der Waals surface area contributed by atoms with E-state index in [-0.39, 0.29) is 24.9 Å². The summed E-state index contributed by atoms with van der Waals surface area (Å²) in [5, 5.41) is 19.9. The zero-order chi connectivity index (χ0) is 24.8. The van der Waals surface area contributed by atoms with Gasteiger partial charge in [0.05, 0.1) is 23.3 Å². The monoisotopic (exact) mass is 489 g/mol. The van der Waals surface area contributed by atoms with Gasteiger partial charge < -0.3 is 10.4 Å². The van der Waals surface area contributed by atoms with Crippen LogP contribution in [-0.2, 0) is 4.79 Å². The van der Waals surface area contributed by atoms with E-state index in [0.29, 0.717) is 11.4 Å². The van der Waals surface area contributed by atoms with E-state index in [1.807, 2.05) is 43.3 Å². The molecule has 3 N–H and O–H groups in total. The summed E-state index contributed by atoms with van der Waals surface area (Å²) in [7, 11) is 0. The molecule has 4 aromatic rings. The first-order chi connectivity index (χ1) is 17.0. The number of allylic oxidation sites excluding steroid dienone is 1. The number of fused-ring (bicyclic) bond motifs is 1. The van der Waals surface area contributed by atoms with E-state index in [4.69, 9.17) is 16.7 Å². The first-order valence-corrected chi connectivity index (χ1v) is 11.7. The van der Waals surface area contributed by atoms with E-state index in [1.54, 1.807) is 18.3 Å². The molecule has 0 saturated carbocycles. The number of hydrogen-bond donors (Lipinski definition) is 3. The second-order valence-corrected chi connectivity index (χ2v) is 8.38. The average molecular weight is 490 g/mol. The highest BCUT2D eigenvalue weighted by molar-refractivity contribution is 6.32. The van der Waals surface area contributed by atoms with Crippen molar-refractivity contribution in [3.63, 3.8) is 0 Å². The summed E-state index contributed by atoms with van der Waals surface area (Å²) in [6, 6.07) is 18.4. The van der Waals surface area contributed by atoms with Gasteiger partial charge in [-0.15, -0.1) is 0 Å². The van der Waals surface area contributed by atoms with Gasteiger partial charge in [0.15, 0.2) is 0 Å². The number of benzene rings is 3. The van der Waals surface area contributed by atoms with Crippen LogP contribution < -0.4 is 5.32 Å². The molecular weight excluding hydrogens is 465 g/mol. The Kier molecular flexibility index (Phi) is 7.75. The lowest BCUT2D eigenvalue weighted by molar-refractivity contribution is -0.116. The van der Waals surface area contributed by atoms with Crippen LogP contribution in [0.25, 0.3) is 28.1 Å². The van der Waals surface area contributed by atoms with Gasteiger partial charge in [-0.05, 0) is 70.2 Å². The molecular formula is C28H25ClFN3O2. The van der Waals surface area contributed by atoms with Crippen molar-refractivity contribution < 1.29 is 14.3 Å². The Bertz CT molecular complexity index is 1410. The molecule has 0 unspecified atom stereocenters. The molecule has 4 rings (SSSR count). The maximum absolute atomic E-state index is 13.8. The summed E-state index contributed by atoms with van der Waals surface area (Å²) in [5.41, 5.74) is 6.50. The number of halogens is 2. The molecule has 3 aromatic carbocycles. The van der Waals surface area contributed by atoms with Crippen LogP contribution in [0.4, 0.5) is 4.39 Å². The van der Waals surface area contributed by atoms with Crippen LogP contribution in [0.5, 0.6) is 0 Å². The van der Waals surface area contributed by atoms with Crippen molar-refractivity contribution in [2.75, 3.05) is 13.2 Å². The Labute approximate surface area is 208 Å². The Morgan fingerprint density at radius 2 is 1.89 bits per heavy atom. The van der Waals surface area contributed by atoms with Crippen LogP contribution in [0.1, 0.15) is 35.6 Å². The van der Waals surface area contributed by atoms with E-state index >= 15 is 0 Å². The SMILES string of the molecule is CC/C(=C(/c1ccc(/C=C/C(=O)NCCO)cc1)c1ccc2[nH]ncc2c1)c1ccc(F)cc1Cl. The standard InChI is InChI=1S/C28H25ClFN3O2/c1-2-23(24-10-9-22(30)16-25(24)29)28(20-8-11-26-21(15-20)17-32-33-26)19-6-3-18(4-7-19)5-12-27(35)31-13-14-34/h3-12,15-17,34H,2,13-14H2,1H3,(H,31,35)(H,32,33)/b12-5+,28-23+. The lowest BCUT2D eigenvalue weighted by Gasteiger charge is -2.18. The van der Waals surface area contributed by atoms with Gasteiger partial charge in [0.25, 0.3) is 0 Å². The lowest BCUT2D eigenvalue weighted by Crippen LogP contribution is -2.24. The average Bonchev–Trinajstić information content (AvgIpc) is 3.34. The number of hydrogen-bond acceptors (Lipinski definition) is 3. The summed E-state index contributed by atoms with van der Waals surface area (Å²) in [5.74, 6) is -0.647. The van der Waals surface area contributed by atoms with Crippen LogP contribution in [-0.4, -0.2) is 34.4 Å². The van der Waals surface area contributed by atoms with Gasteiger partial charge in [-0.3, -0.25) is 9.89 Å². The molecule has 1 aromatic heterocycles. The normalized spacial score (nSPS) is 12.2. The Morgan fingerprint density at radius 1 is 1.11 bits per heavy atom. The van der Waals surface area contributed by atoms with Gasteiger partial charge in [0.2, 0.25) is 5.91 Å². The van der Waals surface area contributed by atoms with Crippen LogP contribution in [0.15, 0.2) is 72.9 Å².